The number of hydrogen-bond donors (Lipinski definition) is 1. The average Bonchev–Trinajstić information content (AvgIpc) is 2.76. The fourth-order valence-electron chi connectivity index (χ4n) is 3.23. The van der Waals surface area contributed by atoms with E-state index in [-0.39, 0.29) is 23.8 Å². The van der Waals surface area contributed by atoms with E-state index in [1.165, 1.54) is 29.0 Å². The Hall–Kier alpha value is -3.06. The summed E-state index contributed by atoms with van der Waals surface area (Å²) >= 11 is 1.24. The standard InChI is InChI=1S/C22H21N3O3S/c26-20-12-18(14-28-19-8-2-1-3-9-19)23-22(24-20)29-15-21(27)25-11-10-16-6-4-5-7-17(16)13-25/h1-9,12H,10-11,13-15H2,(H,23,24,26). The van der Waals surface area contributed by atoms with Crippen molar-refractivity contribution in [2.45, 2.75) is 24.7 Å². The molecule has 0 radical (unpaired) electrons. The van der Waals surface area contributed by atoms with E-state index in [0.29, 0.717) is 29.7 Å². The predicted molar refractivity (Wildman–Crippen MR) is 112 cm³/mol. The number of carbonyl (C=O) groups is 1. The first-order chi connectivity index (χ1) is 14.2. The third-order valence-electron chi connectivity index (χ3n) is 4.72. The molecule has 0 unspecified atom stereocenters. The van der Waals surface area contributed by atoms with E-state index in [9.17, 15) is 9.59 Å². The fourth-order valence-corrected chi connectivity index (χ4v) is 4.03. The van der Waals surface area contributed by atoms with Gasteiger partial charge in [-0.2, -0.15) is 0 Å². The van der Waals surface area contributed by atoms with Crippen LogP contribution in [0.15, 0.2) is 70.6 Å². The summed E-state index contributed by atoms with van der Waals surface area (Å²) in [5.41, 5.74) is 2.78. The predicted octanol–water partition coefficient (Wildman–Crippen LogP) is 3.03. The first kappa shape index (κ1) is 19.3. The molecule has 1 N–H and O–H groups in total. The molecule has 148 valence electrons. The zero-order chi connectivity index (χ0) is 20.1. The van der Waals surface area contributed by atoms with Crippen LogP contribution in [0, 0.1) is 0 Å². The van der Waals surface area contributed by atoms with E-state index in [0.717, 1.165) is 6.42 Å². The first-order valence-corrected chi connectivity index (χ1v) is 10.4. The van der Waals surface area contributed by atoms with Gasteiger partial charge in [-0.05, 0) is 29.7 Å². The van der Waals surface area contributed by atoms with Gasteiger partial charge in [-0.25, -0.2) is 4.98 Å². The van der Waals surface area contributed by atoms with Gasteiger partial charge in [-0.3, -0.25) is 9.59 Å². The number of carbonyl (C=O) groups excluding carboxylic acids is 1. The highest BCUT2D eigenvalue weighted by Gasteiger charge is 2.20. The van der Waals surface area contributed by atoms with Crippen molar-refractivity contribution in [3.63, 3.8) is 0 Å². The normalized spacial score (nSPS) is 13.0. The number of aromatic nitrogens is 2. The third-order valence-corrected chi connectivity index (χ3v) is 5.58. The maximum absolute atomic E-state index is 12.6. The van der Waals surface area contributed by atoms with Gasteiger partial charge in [0.15, 0.2) is 5.16 Å². The van der Waals surface area contributed by atoms with Crippen LogP contribution in [0.4, 0.5) is 0 Å². The van der Waals surface area contributed by atoms with Gasteiger partial charge >= 0.3 is 0 Å². The van der Waals surface area contributed by atoms with Gasteiger partial charge in [0.25, 0.3) is 5.56 Å². The van der Waals surface area contributed by atoms with Crippen LogP contribution in [0.25, 0.3) is 0 Å². The summed E-state index contributed by atoms with van der Waals surface area (Å²) in [6.45, 7) is 1.54. The zero-order valence-corrected chi connectivity index (χ0v) is 16.7. The van der Waals surface area contributed by atoms with Crippen LogP contribution < -0.4 is 10.3 Å². The van der Waals surface area contributed by atoms with Crippen LogP contribution in [0.5, 0.6) is 5.75 Å². The maximum Gasteiger partial charge on any atom is 0.251 e. The largest absolute Gasteiger partial charge is 0.487 e. The highest BCUT2D eigenvalue weighted by molar-refractivity contribution is 7.99. The quantitative estimate of drug-likeness (QED) is 0.502. The number of aromatic amines is 1. The summed E-state index contributed by atoms with van der Waals surface area (Å²) in [7, 11) is 0. The lowest BCUT2D eigenvalue weighted by Crippen LogP contribution is -2.37. The minimum atomic E-state index is -0.256. The van der Waals surface area contributed by atoms with Gasteiger partial charge in [0, 0.05) is 19.2 Å². The smallest absolute Gasteiger partial charge is 0.251 e. The van der Waals surface area contributed by atoms with E-state index >= 15 is 0 Å². The van der Waals surface area contributed by atoms with Crippen molar-refractivity contribution in [3.8, 4) is 5.75 Å². The molecule has 29 heavy (non-hydrogen) atoms. The second-order valence-corrected chi connectivity index (χ2v) is 7.73. The molecule has 1 aliphatic heterocycles. The minimum absolute atomic E-state index is 0.0399. The number of fused-ring (bicyclic) bond motifs is 1. The molecular weight excluding hydrogens is 386 g/mol. The van der Waals surface area contributed by atoms with Crippen molar-refractivity contribution in [2.75, 3.05) is 12.3 Å². The van der Waals surface area contributed by atoms with E-state index in [2.05, 4.69) is 22.1 Å². The Morgan fingerprint density at radius 1 is 1.10 bits per heavy atom. The van der Waals surface area contributed by atoms with E-state index < -0.39 is 0 Å². The Labute approximate surface area is 172 Å². The molecule has 3 aromatic rings. The summed E-state index contributed by atoms with van der Waals surface area (Å²) < 4.78 is 5.66. The van der Waals surface area contributed by atoms with Crippen molar-refractivity contribution in [1.82, 2.24) is 14.9 Å². The molecule has 1 aliphatic rings. The van der Waals surface area contributed by atoms with Crippen LogP contribution >= 0.6 is 11.8 Å². The molecule has 6 nitrogen and oxygen atoms in total. The maximum atomic E-state index is 12.6. The number of nitrogens with one attached hydrogen (secondary N) is 1. The number of H-pyrrole nitrogens is 1. The topological polar surface area (TPSA) is 75.3 Å². The van der Waals surface area contributed by atoms with Gasteiger partial charge in [-0.15, -0.1) is 0 Å². The Morgan fingerprint density at radius 3 is 2.69 bits per heavy atom. The second-order valence-electron chi connectivity index (χ2n) is 6.77. The van der Waals surface area contributed by atoms with E-state index in [4.69, 9.17) is 4.74 Å². The Kier molecular flexibility index (Phi) is 5.95. The number of benzene rings is 2. The molecule has 0 saturated heterocycles. The monoisotopic (exact) mass is 407 g/mol. The van der Waals surface area contributed by atoms with Crippen LogP contribution in [-0.4, -0.2) is 33.1 Å². The molecule has 0 aliphatic carbocycles. The second kappa shape index (κ2) is 8.96. The van der Waals surface area contributed by atoms with Gasteiger partial charge < -0.3 is 14.6 Å². The lowest BCUT2D eigenvalue weighted by atomic mass is 10.00. The molecule has 2 heterocycles. The molecule has 2 aromatic carbocycles. The minimum Gasteiger partial charge on any atom is -0.487 e. The number of hydrogen-bond acceptors (Lipinski definition) is 5. The summed E-state index contributed by atoms with van der Waals surface area (Å²) in [6, 6.07) is 19.0. The summed E-state index contributed by atoms with van der Waals surface area (Å²) in [5.74, 6) is 0.983. The lowest BCUT2D eigenvalue weighted by Gasteiger charge is -2.28. The Bertz CT molecular complexity index is 1050. The molecule has 0 atom stereocenters. The molecule has 0 bridgehead atoms. The molecule has 4 rings (SSSR count). The Balaban J connectivity index is 1.35. The van der Waals surface area contributed by atoms with Crippen LogP contribution in [0.1, 0.15) is 16.8 Å². The van der Waals surface area contributed by atoms with E-state index in [1.54, 1.807) is 0 Å². The molecular formula is C22H21N3O3S. The molecule has 0 fully saturated rings. The van der Waals surface area contributed by atoms with Gasteiger partial charge in [0.2, 0.25) is 5.91 Å². The SMILES string of the molecule is O=C(CSc1nc(COc2ccccc2)cc(=O)[nH]1)N1CCc2ccccc2C1. The highest BCUT2D eigenvalue weighted by Crippen LogP contribution is 2.20. The van der Waals surface area contributed by atoms with Crippen LogP contribution in [0.3, 0.4) is 0 Å². The highest BCUT2D eigenvalue weighted by atomic mass is 32.2. The molecule has 1 aromatic heterocycles. The molecule has 0 spiro atoms. The zero-order valence-electron chi connectivity index (χ0n) is 15.8. The number of amides is 1. The first-order valence-electron chi connectivity index (χ1n) is 9.43. The van der Waals surface area contributed by atoms with Crippen molar-refractivity contribution in [2.24, 2.45) is 0 Å². The Morgan fingerprint density at radius 2 is 1.86 bits per heavy atom. The summed E-state index contributed by atoms with van der Waals surface area (Å²) in [4.78, 5) is 33.5. The van der Waals surface area contributed by atoms with Gasteiger partial charge in [0.05, 0.1) is 11.4 Å². The third kappa shape index (κ3) is 5.06. The lowest BCUT2D eigenvalue weighted by molar-refractivity contribution is -0.129. The molecule has 0 saturated carbocycles. The van der Waals surface area contributed by atoms with Crippen molar-refractivity contribution in [1.29, 1.82) is 0 Å². The summed E-state index contributed by atoms with van der Waals surface area (Å²) in [6.07, 6.45) is 0.869. The van der Waals surface area contributed by atoms with Crippen LogP contribution in [-0.2, 0) is 24.4 Å². The fraction of sp³-hybridized carbons (Fsp3) is 0.227. The van der Waals surface area contributed by atoms with Gasteiger partial charge in [-0.1, -0.05) is 54.2 Å². The van der Waals surface area contributed by atoms with E-state index in [1.807, 2.05) is 47.4 Å². The van der Waals surface area contributed by atoms with Crippen molar-refractivity contribution in [3.05, 3.63) is 87.8 Å². The van der Waals surface area contributed by atoms with Crippen LogP contribution in [0.2, 0.25) is 0 Å². The number of para-hydroxylation sites is 1. The van der Waals surface area contributed by atoms with Crippen molar-refractivity contribution >= 4 is 17.7 Å². The number of ether oxygens (including phenoxy) is 1. The van der Waals surface area contributed by atoms with Crippen molar-refractivity contribution < 1.29 is 9.53 Å². The molecule has 7 heteroatoms. The average molecular weight is 407 g/mol. The number of rotatable bonds is 6. The van der Waals surface area contributed by atoms with Gasteiger partial charge in [0.1, 0.15) is 12.4 Å². The number of nitrogens with zero attached hydrogens (tertiary/aromatic N) is 2. The molecule has 1 amide bonds. The summed E-state index contributed by atoms with van der Waals surface area (Å²) in [5, 5.41) is 0.426. The number of thioether (sulfide) groups is 1.